The molecule has 2 unspecified atom stereocenters. The van der Waals surface area contributed by atoms with Crippen LogP contribution in [-0.4, -0.2) is 41.8 Å². The molecule has 1 rings (SSSR count). The van der Waals surface area contributed by atoms with Crippen LogP contribution in [0.5, 0.6) is 0 Å². The van der Waals surface area contributed by atoms with Crippen molar-refractivity contribution in [3.8, 4) is 0 Å². The topological polar surface area (TPSA) is 49.5 Å². The molecule has 0 radical (unpaired) electrons. The zero-order chi connectivity index (χ0) is 12.0. The smallest absolute Gasteiger partial charge is 0.0558 e. The van der Waals surface area contributed by atoms with Crippen molar-refractivity contribution >= 4 is 0 Å². The maximum atomic E-state index is 9.14. The monoisotopic (exact) mass is 228 g/mol. The van der Waals surface area contributed by atoms with Crippen LogP contribution in [0.2, 0.25) is 0 Å². The number of hydrogen-bond donors (Lipinski definition) is 2. The lowest BCUT2D eigenvalue weighted by atomic mass is 10.0. The molecule has 1 fully saturated rings. The molecule has 0 heterocycles. The van der Waals surface area contributed by atoms with E-state index >= 15 is 0 Å². The van der Waals surface area contributed by atoms with E-state index in [9.17, 15) is 0 Å². The Hall–Kier alpha value is -0.120. The van der Waals surface area contributed by atoms with Gasteiger partial charge >= 0.3 is 0 Å². The lowest BCUT2D eigenvalue weighted by Gasteiger charge is -2.33. The van der Waals surface area contributed by atoms with Crippen LogP contribution in [-0.2, 0) is 0 Å². The molecule has 0 aromatic heterocycles. The first kappa shape index (κ1) is 13.9. The van der Waals surface area contributed by atoms with Gasteiger partial charge in [-0.3, -0.25) is 4.90 Å². The minimum absolute atomic E-state index is 0.262. The molecule has 0 saturated heterocycles. The van der Waals surface area contributed by atoms with Crippen LogP contribution in [0.15, 0.2) is 0 Å². The number of aliphatic hydroxyl groups excluding tert-OH is 1. The van der Waals surface area contributed by atoms with E-state index < -0.39 is 0 Å². The quantitative estimate of drug-likeness (QED) is 0.696. The molecule has 1 aliphatic rings. The van der Waals surface area contributed by atoms with E-state index in [4.69, 9.17) is 10.8 Å². The number of aliphatic hydroxyl groups is 1. The highest BCUT2D eigenvalue weighted by Crippen LogP contribution is 2.26. The Kier molecular flexibility index (Phi) is 6.32. The number of nitrogens with zero attached hydrogens (tertiary/aromatic N) is 1. The Morgan fingerprint density at radius 3 is 2.44 bits per heavy atom. The normalized spacial score (nSPS) is 25.9. The Balaban J connectivity index is 2.48. The Bertz CT molecular complexity index is 183. The molecule has 96 valence electrons. The van der Waals surface area contributed by atoms with Gasteiger partial charge in [0.15, 0.2) is 0 Å². The summed E-state index contributed by atoms with van der Waals surface area (Å²) in [5.74, 6) is 0.646. The number of hydrogen-bond acceptors (Lipinski definition) is 3. The predicted molar refractivity (Wildman–Crippen MR) is 68.3 cm³/mol. The molecule has 1 aliphatic carbocycles. The highest BCUT2D eigenvalue weighted by Gasteiger charge is 2.27. The average Bonchev–Trinajstić information content (AvgIpc) is 2.66. The molecule has 0 aromatic carbocycles. The molecule has 0 aliphatic heterocycles. The predicted octanol–water partition coefficient (Wildman–Crippen LogP) is 1.60. The summed E-state index contributed by atoms with van der Waals surface area (Å²) in [5, 5.41) is 9.14. The van der Waals surface area contributed by atoms with Crippen molar-refractivity contribution in [1.82, 2.24) is 4.90 Å². The summed E-state index contributed by atoms with van der Waals surface area (Å²) in [6.07, 6.45) is 6.06. The van der Waals surface area contributed by atoms with E-state index in [0.717, 1.165) is 13.1 Å². The van der Waals surface area contributed by atoms with Crippen molar-refractivity contribution in [3.05, 3.63) is 0 Å². The van der Waals surface area contributed by atoms with Gasteiger partial charge in [-0.25, -0.2) is 0 Å². The lowest BCUT2D eigenvalue weighted by molar-refractivity contribution is 0.121. The molecule has 2 atom stereocenters. The molecular formula is C13H28N2O. The second kappa shape index (κ2) is 7.25. The van der Waals surface area contributed by atoms with Crippen molar-refractivity contribution in [1.29, 1.82) is 0 Å². The van der Waals surface area contributed by atoms with Gasteiger partial charge < -0.3 is 10.8 Å². The van der Waals surface area contributed by atoms with E-state index in [2.05, 4.69) is 18.7 Å². The van der Waals surface area contributed by atoms with Gasteiger partial charge in [-0.05, 0) is 31.6 Å². The van der Waals surface area contributed by atoms with E-state index in [1.54, 1.807) is 0 Å². The standard InChI is InChI=1S/C13H28N2O/c1-3-12(4-2)15(8-9-16)10-11-6-5-7-13(11)14/h11-13,16H,3-10,14H2,1-2H3. The number of nitrogens with two attached hydrogens (primary N) is 1. The van der Waals surface area contributed by atoms with Gasteiger partial charge in [-0.1, -0.05) is 20.3 Å². The fourth-order valence-electron chi connectivity index (χ4n) is 2.95. The molecule has 16 heavy (non-hydrogen) atoms. The summed E-state index contributed by atoms with van der Waals surface area (Å²) in [7, 11) is 0. The molecule has 3 nitrogen and oxygen atoms in total. The first-order chi connectivity index (χ1) is 7.72. The van der Waals surface area contributed by atoms with Crippen LogP contribution in [0.3, 0.4) is 0 Å². The van der Waals surface area contributed by atoms with Crippen molar-refractivity contribution in [3.63, 3.8) is 0 Å². The van der Waals surface area contributed by atoms with Crippen LogP contribution < -0.4 is 5.73 Å². The summed E-state index contributed by atoms with van der Waals surface area (Å²) in [6.45, 7) is 6.60. The highest BCUT2D eigenvalue weighted by atomic mass is 16.3. The van der Waals surface area contributed by atoms with Gasteiger partial charge in [0.2, 0.25) is 0 Å². The third-order valence-corrected chi connectivity index (χ3v) is 4.03. The van der Waals surface area contributed by atoms with Gasteiger partial charge in [0.1, 0.15) is 0 Å². The molecule has 0 amide bonds. The summed E-state index contributed by atoms with van der Waals surface area (Å²) >= 11 is 0. The molecule has 3 heteroatoms. The molecule has 3 N–H and O–H groups in total. The average molecular weight is 228 g/mol. The lowest BCUT2D eigenvalue weighted by Crippen LogP contribution is -2.43. The Morgan fingerprint density at radius 2 is 2.00 bits per heavy atom. The summed E-state index contributed by atoms with van der Waals surface area (Å²) < 4.78 is 0. The third-order valence-electron chi connectivity index (χ3n) is 4.03. The van der Waals surface area contributed by atoms with Crippen LogP contribution in [0.25, 0.3) is 0 Å². The van der Waals surface area contributed by atoms with Gasteiger partial charge in [-0.15, -0.1) is 0 Å². The SMILES string of the molecule is CCC(CC)N(CCO)CC1CCCC1N. The van der Waals surface area contributed by atoms with E-state index in [1.165, 1.54) is 32.1 Å². The summed E-state index contributed by atoms with van der Waals surface area (Å²) in [6, 6.07) is 0.996. The Morgan fingerprint density at radius 1 is 1.31 bits per heavy atom. The number of rotatable bonds is 7. The van der Waals surface area contributed by atoms with E-state index in [-0.39, 0.29) is 6.61 Å². The van der Waals surface area contributed by atoms with Gasteiger partial charge in [0.05, 0.1) is 6.61 Å². The fourth-order valence-corrected chi connectivity index (χ4v) is 2.95. The zero-order valence-corrected chi connectivity index (χ0v) is 10.9. The molecular weight excluding hydrogens is 200 g/mol. The second-order valence-corrected chi connectivity index (χ2v) is 5.04. The first-order valence-corrected chi connectivity index (χ1v) is 6.83. The minimum Gasteiger partial charge on any atom is -0.395 e. The van der Waals surface area contributed by atoms with Crippen molar-refractivity contribution in [2.45, 2.75) is 58.0 Å². The maximum Gasteiger partial charge on any atom is 0.0558 e. The van der Waals surface area contributed by atoms with Crippen LogP contribution in [0.1, 0.15) is 46.0 Å². The highest BCUT2D eigenvalue weighted by molar-refractivity contribution is 4.84. The zero-order valence-electron chi connectivity index (χ0n) is 10.9. The fraction of sp³-hybridized carbons (Fsp3) is 1.00. The summed E-state index contributed by atoms with van der Waals surface area (Å²) in [4.78, 5) is 2.44. The van der Waals surface area contributed by atoms with Crippen LogP contribution in [0.4, 0.5) is 0 Å². The second-order valence-electron chi connectivity index (χ2n) is 5.04. The van der Waals surface area contributed by atoms with Crippen LogP contribution in [0, 0.1) is 5.92 Å². The molecule has 0 spiro atoms. The molecule has 0 aromatic rings. The van der Waals surface area contributed by atoms with E-state index in [1.807, 2.05) is 0 Å². The summed E-state index contributed by atoms with van der Waals surface area (Å²) in [5.41, 5.74) is 6.12. The first-order valence-electron chi connectivity index (χ1n) is 6.83. The maximum absolute atomic E-state index is 9.14. The largest absolute Gasteiger partial charge is 0.395 e. The van der Waals surface area contributed by atoms with Gasteiger partial charge in [0, 0.05) is 25.2 Å². The van der Waals surface area contributed by atoms with E-state index in [0.29, 0.717) is 18.0 Å². The van der Waals surface area contributed by atoms with Crippen molar-refractivity contribution in [2.75, 3.05) is 19.7 Å². The van der Waals surface area contributed by atoms with Crippen molar-refractivity contribution < 1.29 is 5.11 Å². The Labute approximate surface area is 100 Å². The molecule has 0 bridgehead atoms. The van der Waals surface area contributed by atoms with Gasteiger partial charge in [-0.2, -0.15) is 0 Å². The van der Waals surface area contributed by atoms with Gasteiger partial charge in [0.25, 0.3) is 0 Å². The van der Waals surface area contributed by atoms with Crippen LogP contribution >= 0.6 is 0 Å². The minimum atomic E-state index is 0.262. The third kappa shape index (κ3) is 3.72. The van der Waals surface area contributed by atoms with Crippen molar-refractivity contribution in [2.24, 2.45) is 11.7 Å². The molecule has 1 saturated carbocycles.